The zero-order valence-corrected chi connectivity index (χ0v) is 17.5. The van der Waals surface area contributed by atoms with Crippen molar-refractivity contribution >= 4 is 34.1 Å². The molecule has 31 heavy (non-hydrogen) atoms. The van der Waals surface area contributed by atoms with Crippen LogP contribution in [0.4, 0.5) is 10.6 Å². The number of amides is 2. The molecule has 0 saturated heterocycles. The quantitative estimate of drug-likeness (QED) is 0.418. The van der Waals surface area contributed by atoms with E-state index in [4.69, 9.17) is 6.42 Å². The summed E-state index contributed by atoms with van der Waals surface area (Å²) in [5, 5.41) is 18.4. The van der Waals surface area contributed by atoms with Crippen molar-refractivity contribution in [1.29, 1.82) is 0 Å². The third-order valence-electron chi connectivity index (χ3n) is 4.85. The summed E-state index contributed by atoms with van der Waals surface area (Å²) < 4.78 is 0. The number of aryl methyl sites for hydroxylation is 1. The minimum Gasteiger partial charge on any atom is -0.394 e. The highest BCUT2D eigenvalue weighted by Crippen LogP contribution is 2.31. The Morgan fingerprint density at radius 3 is 2.90 bits per heavy atom. The van der Waals surface area contributed by atoms with Gasteiger partial charge in [-0.05, 0) is 41.2 Å². The number of anilines is 1. The van der Waals surface area contributed by atoms with Gasteiger partial charge in [-0.3, -0.25) is 5.32 Å². The molecule has 2 heterocycles. The van der Waals surface area contributed by atoms with E-state index in [1.165, 1.54) is 17.7 Å². The van der Waals surface area contributed by atoms with Gasteiger partial charge in [0.05, 0.1) is 18.2 Å². The highest BCUT2D eigenvalue weighted by molar-refractivity contribution is 7.10. The van der Waals surface area contributed by atoms with Crippen molar-refractivity contribution in [2.24, 2.45) is 0 Å². The predicted molar refractivity (Wildman–Crippen MR) is 122 cm³/mol. The van der Waals surface area contributed by atoms with Crippen LogP contribution in [0.1, 0.15) is 22.2 Å². The standard InChI is InChI=1S/C23H19N5O2S/c1-3-22-27-21(12-31-22)28-23(30)26-20(11-29)15-7-8-16(14(2)9-15)17-5-4-6-19-18(17)10-24-13-25-19/h1,4-10,12-13,20,29H,11H2,2H3,(H2,26,28,30). The number of benzene rings is 2. The first-order valence-electron chi connectivity index (χ1n) is 9.49. The Hall–Kier alpha value is -3.80. The Bertz CT molecular complexity index is 1290. The van der Waals surface area contributed by atoms with Crippen molar-refractivity contribution in [3.05, 3.63) is 70.4 Å². The summed E-state index contributed by atoms with van der Waals surface area (Å²) in [6.45, 7) is 1.74. The maximum absolute atomic E-state index is 12.3. The molecule has 7 nitrogen and oxygen atoms in total. The average Bonchev–Trinajstić information content (AvgIpc) is 3.24. The number of terminal acetylenes is 1. The Morgan fingerprint density at radius 2 is 2.16 bits per heavy atom. The van der Waals surface area contributed by atoms with Gasteiger partial charge in [-0.15, -0.1) is 17.8 Å². The maximum Gasteiger partial charge on any atom is 0.320 e. The summed E-state index contributed by atoms with van der Waals surface area (Å²) in [6, 6.07) is 10.7. The van der Waals surface area contributed by atoms with Gasteiger partial charge in [-0.25, -0.2) is 19.7 Å². The molecule has 2 aromatic carbocycles. The molecule has 2 amide bonds. The number of urea groups is 1. The fraction of sp³-hybridized carbons (Fsp3) is 0.130. The smallest absolute Gasteiger partial charge is 0.320 e. The Balaban J connectivity index is 1.55. The lowest BCUT2D eigenvalue weighted by atomic mass is 9.94. The lowest BCUT2D eigenvalue weighted by molar-refractivity contribution is 0.225. The summed E-state index contributed by atoms with van der Waals surface area (Å²) in [7, 11) is 0. The second kappa shape index (κ2) is 8.92. The minimum absolute atomic E-state index is 0.249. The lowest BCUT2D eigenvalue weighted by Crippen LogP contribution is -2.34. The third-order valence-corrected chi connectivity index (χ3v) is 5.62. The number of carbonyl (C=O) groups excluding carboxylic acids is 1. The zero-order chi connectivity index (χ0) is 21.8. The van der Waals surface area contributed by atoms with Crippen molar-refractivity contribution < 1.29 is 9.90 Å². The van der Waals surface area contributed by atoms with Gasteiger partial charge in [0, 0.05) is 17.0 Å². The zero-order valence-electron chi connectivity index (χ0n) is 16.7. The van der Waals surface area contributed by atoms with Gasteiger partial charge < -0.3 is 10.4 Å². The topological polar surface area (TPSA) is 100 Å². The van der Waals surface area contributed by atoms with E-state index < -0.39 is 12.1 Å². The third kappa shape index (κ3) is 4.38. The number of aromatic nitrogens is 3. The molecular formula is C23H19N5O2S. The van der Waals surface area contributed by atoms with Gasteiger partial charge in [0.15, 0.2) is 5.01 Å². The summed E-state index contributed by atoms with van der Waals surface area (Å²) in [5.74, 6) is 2.79. The van der Waals surface area contributed by atoms with Crippen LogP contribution in [0.5, 0.6) is 0 Å². The number of aliphatic hydroxyl groups excluding tert-OH is 1. The highest BCUT2D eigenvalue weighted by atomic mass is 32.1. The first-order chi connectivity index (χ1) is 15.1. The largest absolute Gasteiger partial charge is 0.394 e. The van der Waals surface area contributed by atoms with Gasteiger partial charge in [-0.1, -0.05) is 30.3 Å². The molecule has 0 aliphatic rings. The fourth-order valence-electron chi connectivity index (χ4n) is 3.39. The van der Waals surface area contributed by atoms with Crippen LogP contribution in [0.2, 0.25) is 0 Å². The molecule has 8 heteroatoms. The average molecular weight is 430 g/mol. The second-order valence-electron chi connectivity index (χ2n) is 6.85. The van der Waals surface area contributed by atoms with Crippen LogP contribution >= 0.6 is 11.3 Å². The highest BCUT2D eigenvalue weighted by Gasteiger charge is 2.16. The van der Waals surface area contributed by atoms with Crippen LogP contribution in [-0.2, 0) is 0 Å². The van der Waals surface area contributed by atoms with E-state index in [0.29, 0.717) is 10.8 Å². The molecule has 0 radical (unpaired) electrons. The molecule has 4 aromatic rings. The van der Waals surface area contributed by atoms with Gasteiger partial charge in [0.25, 0.3) is 0 Å². The summed E-state index contributed by atoms with van der Waals surface area (Å²) in [5.41, 5.74) is 4.74. The van der Waals surface area contributed by atoms with E-state index >= 15 is 0 Å². The Labute approximate surface area is 183 Å². The van der Waals surface area contributed by atoms with Crippen molar-refractivity contribution in [3.8, 4) is 23.5 Å². The number of hydrogen-bond donors (Lipinski definition) is 3. The van der Waals surface area contributed by atoms with Crippen LogP contribution < -0.4 is 10.6 Å². The van der Waals surface area contributed by atoms with Crippen LogP contribution in [-0.4, -0.2) is 32.7 Å². The van der Waals surface area contributed by atoms with Gasteiger partial charge >= 0.3 is 6.03 Å². The summed E-state index contributed by atoms with van der Waals surface area (Å²) in [4.78, 5) is 24.9. The number of nitrogens with zero attached hydrogens (tertiary/aromatic N) is 3. The fourth-order valence-corrected chi connectivity index (χ4v) is 3.94. The molecule has 0 aliphatic heterocycles. The van der Waals surface area contributed by atoms with Gasteiger partial charge in [0.2, 0.25) is 0 Å². The molecule has 4 rings (SSSR count). The van der Waals surface area contributed by atoms with E-state index in [1.54, 1.807) is 11.6 Å². The van der Waals surface area contributed by atoms with E-state index in [9.17, 15) is 9.90 Å². The molecule has 3 N–H and O–H groups in total. The van der Waals surface area contributed by atoms with Crippen LogP contribution in [0.3, 0.4) is 0 Å². The summed E-state index contributed by atoms with van der Waals surface area (Å²) in [6.07, 6.45) is 8.64. The lowest BCUT2D eigenvalue weighted by Gasteiger charge is -2.19. The molecule has 1 unspecified atom stereocenters. The number of aliphatic hydroxyl groups is 1. The number of fused-ring (bicyclic) bond motifs is 1. The monoisotopic (exact) mass is 429 g/mol. The Morgan fingerprint density at radius 1 is 1.29 bits per heavy atom. The SMILES string of the molecule is C#Cc1nc(NC(=O)NC(CO)c2ccc(-c3cccc4ncncc34)c(C)c2)cs1. The predicted octanol–water partition coefficient (Wildman–Crippen LogP) is 3.90. The van der Waals surface area contributed by atoms with E-state index in [0.717, 1.165) is 33.2 Å². The number of hydrogen-bond acceptors (Lipinski definition) is 6. The van der Waals surface area contributed by atoms with Crippen molar-refractivity contribution in [3.63, 3.8) is 0 Å². The van der Waals surface area contributed by atoms with Crippen LogP contribution in [0.15, 0.2) is 54.3 Å². The van der Waals surface area contributed by atoms with E-state index in [1.807, 2.05) is 43.3 Å². The molecule has 2 aromatic heterocycles. The van der Waals surface area contributed by atoms with Crippen molar-refractivity contribution in [2.75, 3.05) is 11.9 Å². The first kappa shape index (κ1) is 20.5. The number of nitrogens with one attached hydrogen (secondary N) is 2. The van der Waals surface area contributed by atoms with Crippen LogP contribution in [0.25, 0.3) is 22.0 Å². The number of rotatable bonds is 5. The molecule has 0 fully saturated rings. The normalized spacial score (nSPS) is 11.6. The van der Waals surface area contributed by atoms with Crippen molar-refractivity contribution in [1.82, 2.24) is 20.3 Å². The molecule has 1 atom stereocenters. The molecule has 0 saturated carbocycles. The first-order valence-corrected chi connectivity index (χ1v) is 10.4. The number of thiazole rings is 1. The van der Waals surface area contributed by atoms with Crippen LogP contribution in [0, 0.1) is 19.3 Å². The molecule has 154 valence electrons. The molecular weight excluding hydrogens is 410 g/mol. The molecule has 0 spiro atoms. The maximum atomic E-state index is 12.3. The van der Waals surface area contributed by atoms with Gasteiger partial charge in [-0.2, -0.15) is 0 Å². The van der Waals surface area contributed by atoms with Crippen molar-refractivity contribution in [2.45, 2.75) is 13.0 Å². The molecule has 0 bridgehead atoms. The minimum atomic E-state index is -0.575. The van der Waals surface area contributed by atoms with E-state index in [2.05, 4.69) is 31.5 Å². The van der Waals surface area contributed by atoms with Gasteiger partial charge in [0.1, 0.15) is 12.1 Å². The summed E-state index contributed by atoms with van der Waals surface area (Å²) >= 11 is 1.27. The van der Waals surface area contributed by atoms with E-state index in [-0.39, 0.29) is 6.61 Å². The molecule has 0 aliphatic carbocycles. The Kier molecular flexibility index (Phi) is 5.89. The second-order valence-corrected chi connectivity index (χ2v) is 7.71. The number of carbonyl (C=O) groups is 1.